The molecular formula is C24H30N2O4. The van der Waals surface area contributed by atoms with Gasteiger partial charge in [0.05, 0.1) is 17.2 Å². The fourth-order valence-corrected chi connectivity index (χ4v) is 4.09. The zero-order valence-electron chi connectivity index (χ0n) is 18.0. The highest BCUT2D eigenvalue weighted by molar-refractivity contribution is 6.39. The molecule has 1 aromatic carbocycles. The quantitative estimate of drug-likeness (QED) is 0.587. The number of benzene rings is 1. The van der Waals surface area contributed by atoms with Gasteiger partial charge in [-0.15, -0.1) is 0 Å². The molecule has 3 N–H and O–H groups in total. The van der Waals surface area contributed by atoms with Crippen LogP contribution in [0.2, 0.25) is 0 Å². The van der Waals surface area contributed by atoms with E-state index in [0.29, 0.717) is 11.1 Å². The first-order valence-electron chi connectivity index (χ1n) is 10.5. The van der Waals surface area contributed by atoms with Crippen LogP contribution in [0.5, 0.6) is 5.75 Å². The van der Waals surface area contributed by atoms with Crippen molar-refractivity contribution in [1.29, 1.82) is 0 Å². The molecular weight excluding hydrogens is 380 g/mol. The second-order valence-corrected chi connectivity index (χ2v) is 7.34. The number of nitrogens with zero attached hydrogens (tertiary/aromatic N) is 2. The standard InChI is InChI=1S/C24H30N2O4/c1-5-25(6-2)15-9-11-17(19(27)13-15)21-23(29)22(24(21)30)18-12-10-16(14-20(18)28)26(7-3)8-4/h9-15,27-29H,5-8H2,1-4H3/b21-17+. The third-order valence-electron chi connectivity index (χ3n) is 5.87. The number of hydrogen-bond acceptors (Lipinski definition) is 6. The highest BCUT2D eigenvalue weighted by Crippen LogP contribution is 2.43. The SMILES string of the molecule is CCN(CC)c1ccc(C2=C(O)/C(=C3/C=CC(N(CC)CC)C=C3O)C2=O)c(O)c1. The van der Waals surface area contributed by atoms with Crippen LogP contribution < -0.4 is 4.90 Å². The molecule has 0 bridgehead atoms. The summed E-state index contributed by atoms with van der Waals surface area (Å²) in [5.41, 5.74) is 1.62. The summed E-state index contributed by atoms with van der Waals surface area (Å²) in [6.07, 6.45) is 5.27. The molecule has 0 amide bonds. The number of phenolic OH excluding ortho intramolecular Hbond substituents is 1. The van der Waals surface area contributed by atoms with Gasteiger partial charge in [-0.1, -0.05) is 26.0 Å². The van der Waals surface area contributed by atoms with Gasteiger partial charge in [0, 0.05) is 36.0 Å². The number of carbonyl (C=O) groups is 1. The first-order chi connectivity index (χ1) is 14.4. The second kappa shape index (κ2) is 8.79. The van der Waals surface area contributed by atoms with Crippen LogP contribution in [0.25, 0.3) is 5.57 Å². The molecule has 0 aliphatic heterocycles. The average Bonchev–Trinajstić information content (AvgIpc) is 2.73. The number of aliphatic hydroxyl groups excluding tert-OH is 2. The zero-order valence-corrected chi connectivity index (χ0v) is 18.0. The Kier molecular flexibility index (Phi) is 6.37. The maximum atomic E-state index is 12.8. The monoisotopic (exact) mass is 410 g/mol. The topological polar surface area (TPSA) is 84.2 Å². The number of aliphatic hydroxyl groups is 2. The highest BCUT2D eigenvalue weighted by atomic mass is 16.3. The van der Waals surface area contributed by atoms with Crippen LogP contribution in [-0.4, -0.2) is 58.2 Å². The lowest BCUT2D eigenvalue weighted by Gasteiger charge is -2.29. The number of anilines is 1. The fraction of sp³-hybridized carbons (Fsp3) is 0.375. The third-order valence-corrected chi connectivity index (χ3v) is 5.87. The van der Waals surface area contributed by atoms with E-state index in [2.05, 4.69) is 9.80 Å². The molecule has 2 aliphatic rings. The summed E-state index contributed by atoms with van der Waals surface area (Å²) in [4.78, 5) is 17.1. The number of allylic oxidation sites excluding steroid dienone is 3. The molecule has 6 heteroatoms. The van der Waals surface area contributed by atoms with E-state index in [1.807, 2.05) is 39.8 Å². The number of Topliss-reactive ketones (excluding diaryl/α,β-unsaturated/α-hetero) is 1. The number of aromatic hydroxyl groups is 1. The van der Waals surface area contributed by atoms with Crippen molar-refractivity contribution in [1.82, 2.24) is 4.90 Å². The van der Waals surface area contributed by atoms with Crippen LogP contribution in [0.4, 0.5) is 5.69 Å². The number of hydrogen-bond donors (Lipinski definition) is 3. The predicted molar refractivity (Wildman–Crippen MR) is 120 cm³/mol. The Hall–Kier alpha value is -2.99. The molecule has 6 nitrogen and oxygen atoms in total. The number of phenols is 1. The zero-order chi connectivity index (χ0) is 22.0. The number of rotatable bonds is 7. The van der Waals surface area contributed by atoms with Crippen molar-refractivity contribution >= 4 is 17.0 Å². The molecule has 0 aromatic heterocycles. The first-order valence-corrected chi connectivity index (χ1v) is 10.5. The maximum Gasteiger partial charge on any atom is 0.202 e. The smallest absolute Gasteiger partial charge is 0.202 e. The van der Waals surface area contributed by atoms with Gasteiger partial charge in [0.25, 0.3) is 0 Å². The van der Waals surface area contributed by atoms with Gasteiger partial charge in [0.2, 0.25) is 5.78 Å². The average molecular weight is 411 g/mol. The van der Waals surface area contributed by atoms with E-state index in [1.165, 1.54) is 0 Å². The summed E-state index contributed by atoms with van der Waals surface area (Å²) < 4.78 is 0. The summed E-state index contributed by atoms with van der Waals surface area (Å²) in [6, 6.07) is 5.03. The molecule has 0 heterocycles. The molecule has 0 spiro atoms. The third kappa shape index (κ3) is 3.63. The Morgan fingerprint density at radius 3 is 2.10 bits per heavy atom. The van der Waals surface area contributed by atoms with E-state index >= 15 is 0 Å². The summed E-state index contributed by atoms with van der Waals surface area (Å²) in [5, 5.41) is 31.6. The van der Waals surface area contributed by atoms with E-state index in [4.69, 9.17) is 0 Å². The highest BCUT2D eigenvalue weighted by Gasteiger charge is 2.39. The molecule has 1 aromatic rings. The minimum atomic E-state index is -0.390. The Labute approximate surface area is 177 Å². The minimum Gasteiger partial charge on any atom is -0.508 e. The van der Waals surface area contributed by atoms with Gasteiger partial charge in [-0.3, -0.25) is 9.69 Å². The van der Waals surface area contributed by atoms with Crippen LogP contribution in [0.1, 0.15) is 33.3 Å². The second-order valence-electron chi connectivity index (χ2n) is 7.34. The van der Waals surface area contributed by atoms with Gasteiger partial charge in [-0.05, 0) is 45.1 Å². The summed E-state index contributed by atoms with van der Waals surface area (Å²) in [5.74, 6) is -0.672. The fourth-order valence-electron chi connectivity index (χ4n) is 4.09. The Bertz CT molecular complexity index is 963. The van der Waals surface area contributed by atoms with Crippen molar-refractivity contribution in [3.63, 3.8) is 0 Å². The van der Waals surface area contributed by atoms with Gasteiger partial charge in [0.15, 0.2) is 0 Å². The van der Waals surface area contributed by atoms with Crippen LogP contribution in [-0.2, 0) is 4.79 Å². The molecule has 0 saturated carbocycles. The van der Waals surface area contributed by atoms with Gasteiger partial charge >= 0.3 is 0 Å². The molecule has 2 aliphatic carbocycles. The number of ketones is 1. The molecule has 1 atom stereocenters. The van der Waals surface area contributed by atoms with Crippen LogP contribution in [0.15, 0.2) is 59.1 Å². The van der Waals surface area contributed by atoms with Crippen molar-refractivity contribution in [3.05, 3.63) is 64.7 Å². The van der Waals surface area contributed by atoms with Gasteiger partial charge < -0.3 is 20.2 Å². The lowest BCUT2D eigenvalue weighted by atomic mass is 9.79. The summed E-state index contributed by atoms with van der Waals surface area (Å²) in [6.45, 7) is 11.4. The van der Waals surface area contributed by atoms with Gasteiger partial charge in [-0.2, -0.15) is 0 Å². The molecule has 0 radical (unpaired) electrons. The molecule has 3 rings (SSSR count). The lowest BCUT2D eigenvalue weighted by Crippen LogP contribution is -2.34. The van der Waals surface area contributed by atoms with Crippen molar-refractivity contribution < 1.29 is 20.1 Å². The molecule has 0 fully saturated rings. The summed E-state index contributed by atoms with van der Waals surface area (Å²) in [7, 11) is 0. The van der Waals surface area contributed by atoms with E-state index in [9.17, 15) is 20.1 Å². The largest absolute Gasteiger partial charge is 0.508 e. The van der Waals surface area contributed by atoms with Gasteiger partial charge in [-0.25, -0.2) is 0 Å². The molecule has 0 saturated heterocycles. The normalized spacial score (nSPS) is 21.2. The number of likely N-dealkylation sites (N-methyl/N-ethyl adjacent to an activating group) is 1. The van der Waals surface area contributed by atoms with E-state index in [-0.39, 0.29) is 40.2 Å². The van der Waals surface area contributed by atoms with Gasteiger partial charge in [0.1, 0.15) is 17.3 Å². The lowest BCUT2D eigenvalue weighted by molar-refractivity contribution is -0.111. The molecule has 30 heavy (non-hydrogen) atoms. The summed E-state index contributed by atoms with van der Waals surface area (Å²) >= 11 is 0. The van der Waals surface area contributed by atoms with Crippen molar-refractivity contribution in [2.45, 2.75) is 33.7 Å². The van der Waals surface area contributed by atoms with E-state index < -0.39 is 0 Å². The Morgan fingerprint density at radius 2 is 1.60 bits per heavy atom. The first kappa shape index (κ1) is 21.7. The Balaban J connectivity index is 1.95. The van der Waals surface area contributed by atoms with Crippen LogP contribution in [0, 0.1) is 0 Å². The van der Waals surface area contributed by atoms with Crippen LogP contribution in [0.3, 0.4) is 0 Å². The van der Waals surface area contributed by atoms with E-state index in [1.54, 1.807) is 24.3 Å². The Morgan fingerprint density at radius 1 is 0.933 bits per heavy atom. The molecule has 160 valence electrons. The van der Waals surface area contributed by atoms with Crippen LogP contribution >= 0.6 is 0 Å². The van der Waals surface area contributed by atoms with Crippen molar-refractivity contribution in [2.24, 2.45) is 0 Å². The predicted octanol–water partition coefficient (Wildman–Crippen LogP) is 4.11. The maximum absolute atomic E-state index is 12.8. The number of carbonyl (C=O) groups excluding carboxylic acids is 1. The van der Waals surface area contributed by atoms with E-state index in [0.717, 1.165) is 31.9 Å². The van der Waals surface area contributed by atoms with Crippen molar-refractivity contribution in [2.75, 3.05) is 31.1 Å². The van der Waals surface area contributed by atoms with Crippen molar-refractivity contribution in [3.8, 4) is 5.75 Å². The molecule has 1 unspecified atom stereocenters. The minimum absolute atomic E-state index is 0.0237.